The molecule has 0 aromatic carbocycles. The molecule has 2 N–H and O–H groups in total. The number of carbonyl (C=O) groups is 1. The Morgan fingerprint density at radius 1 is 1.28 bits per heavy atom. The molecular weight excluding hydrogens is 368 g/mol. The highest BCUT2D eigenvalue weighted by Crippen LogP contribution is 2.20. The second-order valence-electron chi connectivity index (χ2n) is 8.85. The van der Waals surface area contributed by atoms with Crippen LogP contribution in [0.15, 0.2) is 23.0 Å². The number of aromatic nitrogens is 4. The number of hydrogen-bond acceptors (Lipinski definition) is 5. The Morgan fingerprint density at radius 3 is 2.79 bits per heavy atom. The number of likely N-dealkylation sites (tertiary alicyclic amines) is 1. The maximum atomic E-state index is 12.5. The molecule has 0 saturated carbocycles. The van der Waals surface area contributed by atoms with Crippen molar-refractivity contribution in [2.75, 3.05) is 19.6 Å². The predicted octanol–water partition coefficient (Wildman–Crippen LogP) is 1.86. The van der Waals surface area contributed by atoms with Crippen LogP contribution in [-0.2, 0) is 12.0 Å². The summed E-state index contributed by atoms with van der Waals surface area (Å²) in [6.07, 6.45) is 3.31. The summed E-state index contributed by atoms with van der Waals surface area (Å²) < 4.78 is 1.53. The molecule has 0 aliphatic carbocycles. The van der Waals surface area contributed by atoms with Crippen LogP contribution in [0.1, 0.15) is 61.9 Å². The number of piperidine rings is 1. The zero-order valence-electron chi connectivity index (χ0n) is 17.9. The molecule has 29 heavy (non-hydrogen) atoms. The normalized spacial score (nSPS) is 18.0. The van der Waals surface area contributed by atoms with Crippen LogP contribution in [-0.4, -0.2) is 56.5 Å². The zero-order valence-corrected chi connectivity index (χ0v) is 17.9. The standard InChI is InChI=1S/C21H32N6O2/c1-15-8-9-19(28)27(25-15)12-11-26-10-6-5-7-16(26)14-22-20(29)17-13-18(24-23-17)21(2,3)4/h8-9,13,16H,5-7,10-12,14H2,1-4H3,(H,22,29)(H,23,24). The van der Waals surface area contributed by atoms with Gasteiger partial charge in [0.05, 0.1) is 12.2 Å². The quantitative estimate of drug-likeness (QED) is 0.772. The van der Waals surface area contributed by atoms with Crippen molar-refractivity contribution in [3.8, 4) is 0 Å². The lowest BCUT2D eigenvalue weighted by Crippen LogP contribution is -2.48. The summed E-state index contributed by atoms with van der Waals surface area (Å²) in [5, 5.41) is 14.5. The number of carbonyl (C=O) groups excluding carboxylic acids is 1. The summed E-state index contributed by atoms with van der Waals surface area (Å²) in [7, 11) is 0. The molecule has 0 radical (unpaired) electrons. The molecule has 3 heterocycles. The van der Waals surface area contributed by atoms with Gasteiger partial charge in [-0.25, -0.2) is 4.68 Å². The van der Waals surface area contributed by atoms with Crippen molar-refractivity contribution >= 4 is 5.91 Å². The molecule has 1 saturated heterocycles. The highest BCUT2D eigenvalue weighted by atomic mass is 16.2. The maximum Gasteiger partial charge on any atom is 0.271 e. The van der Waals surface area contributed by atoms with Crippen LogP contribution in [0.4, 0.5) is 0 Å². The molecule has 1 amide bonds. The molecule has 8 nitrogen and oxygen atoms in total. The fraction of sp³-hybridized carbons (Fsp3) is 0.619. The number of aromatic amines is 1. The van der Waals surface area contributed by atoms with Crippen LogP contribution < -0.4 is 10.9 Å². The average molecular weight is 401 g/mol. The van der Waals surface area contributed by atoms with Gasteiger partial charge in [-0.15, -0.1) is 0 Å². The second-order valence-corrected chi connectivity index (χ2v) is 8.85. The Morgan fingerprint density at radius 2 is 2.07 bits per heavy atom. The van der Waals surface area contributed by atoms with E-state index in [2.05, 4.69) is 46.3 Å². The summed E-state index contributed by atoms with van der Waals surface area (Å²) >= 11 is 0. The lowest BCUT2D eigenvalue weighted by atomic mass is 9.92. The Labute approximate surface area is 171 Å². The van der Waals surface area contributed by atoms with Crippen molar-refractivity contribution in [1.82, 2.24) is 30.2 Å². The first-order chi connectivity index (χ1) is 13.7. The zero-order chi connectivity index (χ0) is 21.0. The average Bonchev–Trinajstić information content (AvgIpc) is 3.18. The van der Waals surface area contributed by atoms with Gasteiger partial charge in [0.2, 0.25) is 0 Å². The molecule has 1 aliphatic rings. The third kappa shape index (κ3) is 5.53. The number of nitrogens with zero attached hydrogens (tertiary/aromatic N) is 4. The third-order valence-corrected chi connectivity index (χ3v) is 5.46. The smallest absolute Gasteiger partial charge is 0.271 e. The fourth-order valence-electron chi connectivity index (χ4n) is 3.64. The summed E-state index contributed by atoms with van der Waals surface area (Å²) in [5.74, 6) is -0.154. The van der Waals surface area contributed by atoms with E-state index in [1.807, 2.05) is 13.0 Å². The molecule has 1 unspecified atom stereocenters. The SMILES string of the molecule is Cc1ccc(=O)n(CCN2CCCCC2CNC(=O)c2cc(C(C)(C)C)[nH]n2)n1. The molecule has 0 bridgehead atoms. The van der Waals surface area contributed by atoms with E-state index in [-0.39, 0.29) is 22.9 Å². The molecule has 2 aromatic heterocycles. The van der Waals surface area contributed by atoms with Gasteiger partial charge in [-0.3, -0.25) is 19.6 Å². The van der Waals surface area contributed by atoms with E-state index >= 15 is 0 Å². The first-order valence-corrected chi connectivity index (χ1v) is 10.4. The van der Waals surface area contributed by atoms with E-state index in [1.165, 1.54) is 4.68 Å². The summed E-state index contributed by atoms with van der Waals surface area (Å²) in [5.41, 5.74) is 2.05. The Kier molecular flexibility index (Phi) is 6.52. The van der Waals surface area contributed by atoms with Crippen molar-refractivity contribution in [2.24, 2.45) is 0 Å². The Hall–Kier alpha value is -2.48. The highest BCUT2D eigenvalue weighted by Gasteiger charge is 2.24. The van der Waals surface area contributed by atoms with Gasteiger partial charge in [-0.05, 0) is 38.4 Å². The van der Waals surface area contributed by atoms with Crippen LogP contribution in [0, 0.1) is 6.92 Å². The van der Waals surface area contributed by atoms with Crippen molar-refractivity contribution < 1.29 is 4.79 Å². The number of hydrogen-bond donors (Lipinski definition) is 2. The lowest BCUT2D eigenvalue weighted by Gasteiger charge is -2.35. The summed E-state index contributed by atoms with van der Waals surface area (Å²) in [4.78, 5) is 26.9. The monoisotopic (exact) mass is 400 g/mol. The third-order valence-electron chi connectivity index (χ3n) is 5.46. The number of H-pyrrole nitrogens is 1. The molecule has 1 fully saturated rings. The maximum absolute atomic E-state index is 12.5. The van der Waals surface area contributed by atoms with E-state index in [0.29, 0.717) is 18.8 Å². The van der Waals surface area contributed by atoms with Crippen LogP contribution in [0.25, 0.3) is 0 Å². The van der Waals surface area contributed by atoms with Gasteiger partial charge in [0.1, 0.15) is 5.69 Å². The van der Waals surface area contributed by atoms with Crippen LogP contribution >= 0.6 is 0 Å². The van der Waals surface area contributed by atoms with E-state index in [0.717, 1.165) is 43.7 Å². The minimum absolute atomic E-state index is 0.0758. The van der Waals surface area contributed by atoms with Gasteiger partial charge in [-0.2, -0.15) is 10.2 Å². The van der Waals surface area contributed by atoms with Crippen molar-refractivity contribution in [3.05, 3.63) is 45.6 Å². The van der Waals surface area contributed by atoms with Gasteiger partial charge in [-0.1, -0.05) is 27.2 Å². The molecule has 1 atom stereocenters. The van der Waals surface area contributed by atoms with Gasteiger partial charge < -0.3 is 5.32 Å². The van der Waals surface area contributed by atoms with Crippen molar-refractivity contribution in [1.29, 1.82) is 0 Å². The molecule has 158 valence electrons. The Balaban J connectivity index is 1.57. The van der Waals surface area contributed by atoms with Gasteiger partial charge in [0.15, 0.2) is 0 Å². The Bertz CT molecular complexity index is 895. The first-order valence-electron chi connectivity index (χ1n) is 10.4. The molecule has 0 spiro atoms. The molecule has 3 rings (SSSR count). The van der Waals surface area contributed by atoms with Crippen LogP contribution in [0.5, 0.6) is 0 Å². The largest absolute Gasteiger partial charge is 0.349 e. The fourth-order valence-corrected chi connectivity index (χ4v) is 3.64. The van der Waals surface area contributed by atoms with Crippen LogP contribution in [0.2, 0.25) is 0 Å². The van der Waals surface area contributed by atoms with E-state index in [4.69, 9.17) is 0 Å². The van der Waals surface area contributed by atoms with Gasteiger partial charge in [0.25, 0.3) is 11.5 Å². The van der Waals surface area contributed by atoms with E-state index < -0.39 is 0 Å². The number of nitrogens with one attached hydrogen (secondary N) is 2. The van der Waals surface area contributed by atoms with Gasteiger partial charge >= 0.3 is 0 Å². The number of aryl methyl sites for hydroxylation is 1. The van der Waals surface area contributed by atoms with E-state index in [1.54, 1.807) is 12.1 Å². The minimum atomic E-state index is -0.154. The molecule has 2 aromatic rings. The van der Waals surface area contributed by atoms with E-state index in [9.17, 15) is 9.59 Å². The number of rotatable bonds is 6. The van der Waals surface area contributed by atoms with Crippen molar-refractivity contribution in [3.63, 3.8) is 0 Å². The minimum Gasteiger partial charge on any atom is -0.349 e. The highest BCUT2D eigenvalue weighted by molar-refractivity contribution is 5.92. The number of amides is 1. The lowest BCUT2D eigenvalue weighted by molar-refractivity contribution is 0.0904. The topological polar surface area (TPSA) is 95.9 Å². The predicted molar refractivity (Wildman–Crippen MR) is 112 cm³/mol. The molecule has 8 heteroatoms. The van der Waals surface area contributed by atoms with Crippen LogP contribution in [0.3, 0.4) is 0 Å². The van der Waals surface area contributed by atoms with Crippen molar-refractivity contribution in [2.45, 2.75) is 65.0 Å². The molecule has 1 aliphatic heterocycles. The second kappa shape index (κ2) is 8.90. The summed E-state index contributed by atoms with van der Waals surface area (Å²) in [6.45, 7) is 11.0. The van der Waals surface area contributed by atoms with Gasteiger partial charge in [0, 0.05) is 36.3 Å². The molecular formula is C21H32N6O2. The summed E-state index contributed by atoms with van der Waals surface area (Å²) in [6, 6.07) is 5.38. The first kappa shape index (κ1) is 21.2.